The van der Waals surface area contributed by atoms with Crippen LogP contribution in [0.5, 0.6) is 0 Å². The Morgan fingerprint density at radius 2 is 1.90 bits per heavy atom. The maximum Gasteiger partial charge on any atom is 0.315 e. The Bertz CT molecular complexity index is 479. The minimum absolute atomic E-state index is 0.0840. The van der Waals surface area contributed by atoms with Crippen LogP contribution in [0.1, 0.15) is 32.1 Å². The zero-order chi connectivity index (χ0) is 14.2. The van der Waals surface area contributed by atoms with Crippen molar-refractivity contribution in [2.45, 2.75) is 50.2 Å². The number of carbonyl (C=O) groups is 1. The third kappa shape index (κ3) is 3.09. The van der Waals surface area contributed by atoms with Gasteiger partial charge >= 0.3 is 6.03 Å². The summed E-state index contributed by atoms with van der Waals surface area (Å²) in [6.07, 6.45) is 5.19. The summed E-state index contributed by atoms with van der Waals surface area (Å²) in [5.41, 5.74) is 0. The largest absolute Gasteiger partial charge is 0.334 e. The van der Waals surface area contributed by atoms with E-state index in [1.165, 1.54) is 12.8 Å². The van der Waals surface area contributed by atoms with Gasteiger partial charge in [0.15, 0.2) is 9.84 Å². The van der Waals surface area contributed by atoms with Gasteiger partial charge in [0.05, 0.1) is 11.5 Å². The summed E-state index contributed by atoms with van der Waals surface area (Å²) < 4.78 is 22.8. The molecule has 3 fully saturated rings. The van der Waals surface area contributed by atoms with E-state index in [0.717, 1.165) is 25.9 Å². The van der Waals surface area contributed by atoms with Gasteiger partial charge in [-0.05, 0) is 32.2 Å². The van der Waals surface area contributed by atoms with Gasteiger partial charge in [0, 0.05) is 24.7 Å². The number of sulfone groups is 1. The van der Waals surface area contributed by atoms with Crippen molar-refractivity contribution in [2.75, 3.05) is 24.6 Å². The molecular weight excluding hydrogens is 278 g/mol. The molecule has 3 aliphatic heterocycles. The van der Waals surface area contributed by atoms with E-state index in [1.54, 1.807) is 0 Å². The minimum atomic E-state index is -2.94. The lowest BCUT2D eigenvalue weighted by Gasteiger charge is -2.32. The van der Waals surface area contributed by atoms with E-state index < -0.39 is 9.84 Å². The molecule has 7 heteroatoms. The normalized spacial score (nSPS) is 36.5. The number of nitrogens with one attached hydrogen (secondary N) is 2. The molecule has 114 valence electrons. The fraction of sp³-hybridized carbons (Fsp3) is 0.923. The lowest BCUT2D eigenvalue weighted by molar-refractivity contribution is 0.178. The summed E-state index contributed by atoms with van der Waals surface area (Å²) in [6.45, 7) is 2.21. The van der Waals surface area contributed by atoms with Crippen LogP contribution in [-0.2, 0) is 9.84 Å². The zero-order valence-corrected chi connectivity index (χ0v) is 12.5. The lowest BCUT2D eigenvalue weighted by Crippen LogP contribution is -2.51. The summed E-state index contributed by atoms with van der Waals surface area (Å²) in [6, 6.07) is 0.267. The van der Waals surface area contributed by atoms with E-state index in [-0.39, 0.29) is 29.6 Å². The summed E-state index contributed by atoms with van der Waals surface area (Å²) in [5.74, 6) is 0.276. The molecule has 0 aromatic carbocycles. The predicted molar refractivity (Wildman–Crippen MR) is 76.3 cm³/mol. The molecule has 3 heterocycles. The topological polar surface area (TPSA) is 78.5 Å². The molecule has 3 rings (SSSR count). The highest BCUT2D eigenvalue weighted by atomic mass is 32.2. The van der Waals surface area contributed by atoms with Crippen LogP contribution in [0.15, 0.2) is 0 Å². The first-order valence-electron chi connectivity index (χ1n) is 7.55. The Morgan fingerprint density at radius 3 is 2.65 bits per heavy atom. The van der Waals surface area contributed by atoms with Crippen molar-refractivity contribution in [1.82, 2.24) is 15.5 Å². The standard InChI is InChI=1S/C13H23N3O3S/c17-13(14-10-5-8-20(18,19)9-10)15-11-4-7-16-6-2-1-3-12(11)16/h10-12H,1-9H2,(H2,14,15,17)/t10-,11+,12+/m1/s1. The summed E-state index contributed by atoms with van der Waals surface area (Å²) >= 11 is 0. The number of piperidine rings is 1. The second-order valence-electron chi connectivity index (χ2n) is 6.21. The lowest BCUT2D eigenvalue weighted by atomic mass is 9.99. The number of urea groups is 1. The predicted octanol–water partition coefficient (Wildman–Crippen LogP) is 0.0995. The quantitative estimate of drug-likeness (QED) is 0.758. The van der Waals surface area contributed by atoms with Crippen LogP contribution < -0.4 is 10.6 Å². The summed E-state index contributed by atoms with van der Waals surface area (Å²) in [4.78, 5) is 14.5. The Balaban J connectivity index is 1.49. The third-order valence-electron chi connectivity index (χ3n) is 4.74. The molecule has 0 aromatic rings. The number of fused-ring (bicyclic) bond motifs is 1. The number of carbonyl (C=O) groups excluding carboxylic acids is 1. The summed E-state index contributed by atoms with van der Waals surface area (Å²) in [7, 11) is -2.94. The van der Waals surface area contributed by atoms with Crippen molar-refractivity contribution < 1.29 is 13.2 Å². The molecule has 0 aromatic heterocycles. The molecule has 0 saturated carbocycles. The van der Waals surface area contributed by atoms with Crippen LogP contribution in [0.4, 0.5) is 4.79 Å². The van der Waals surface area contributed by atoms with E-state index in [1.807, 2.05) is 0 Å². The Kier molecular flexibility index (Phi) is 3.90. The molecule has 3 aliphatic rings. The van der Waals surface area contributed by atoms with Crippen LogP contribution in [0.3, 0.4) is 0 Å². The molecule has 3 atom stereocenters. The molecule has 0 radical (unpaired) electrons. The fourth-order valence-electron chi connectivity index (χ4n) is 3.72. The third-order valence-corrected chi connectivity index (χ3v) is 6.51. The SMILES string of the molecule is O=C(N[C@@H]1CCS(=O)(=O)C1)N[C@H]1CCN2CCCC[C@@H]12. The van der Waals surface area contributed by atoms with E-state index in [9.17, 15) is 13.2 Å². The highest BCUT2D eigenvalue weighted by Crippen LogP contribution is 2.27. The van der Waals surface area contributed by atoms with Crippen molar-refractivity contribution in [3.63, 3.8) is 0 Å². The van der Waals surface area contributed by atoms with Gasteiger partial charge < -0.3 is 10.6 Å². The smallest absolute Gasteiger partial charge is 0.315 e. The molecule has 0 aliphatic carbocycles. The van der Waals surface area contributed by atoms with Gasteiger partial charge in [-0.25, -0.2) is 13.2 Å². The Hall–Kier alpha value is -0.820. The van der Waals surface area contributed by atoms with Crippen LogP contribution >= 0.6 is 0 Å². The first-order chi connectivity index (χ1) is 9.53. The molecule has 20 heavy (non-hydrogen) atoms. The van der Waals surface area contributed by atoms with Gasteiger partial charge in [0.1, 0.15) is 0 Å². The monoisotopic (exact) mass is 301 g/mol. The number of nitrogens with zero attached hydrogens (tertiary/aromatic N) is 1. The first-order valence-corrected chi connectivity index (χ1v) is 9.37. The second-order valence-corrected chi connectivity index (χ2v) is 8.44. The molecule has 3 saturated heterocycles. The summed E-state index contributed by atoms with van der Waals surface area (Å²) in [5, 5.41) is 5.85. The number of hydrogen-bond donors (Lipinski definition) is 2. The zero-order valence-electron chi connectivity index (χ0n) is 11.7. The van der Waals surface area contributed by atoms with Gasteiger partial charge in [0.2, 0.25) is 0 Å². The molecular formula is C13H23N3O3S. The van der Waals surface area contributed by atoms with Crippen LogP contribution in [0.2, 0.25) is 0 Å². The Morgan fingerprint density at radius 1 is 1.05 bits per heavy atom. The minimum Gasteiger partial charge on any atom is -0.334 e. The maximum absolute atomic E-state index is 12.0. The van der Waals surface area contributed by atoms with Gasteiger partial charge in [0.25, 0.3) is 0 Å². The number of hydrogen-bond acceptors (Lipinski definition) is 4. The highest BCUT2D eigenvalue weighted by Gasteiger charge is 2.37. The van der Waals surface area contributed by atoms with Crippen LogP contribution in [-0.4, -0.2) is 62.1 Å². The van der Waals surface area contributed by atoms with Crippen molar-refractivity contribution in [1.29, 1.82) is 0 Å². The highest BCUT2D eigenvalue weighted by molar-refractivity contribution is 7.91. The van der Waals surface area contributed by atoms with Gasteiger partial charge in [-0.3, -0.25) is 4.90 Å². The Labute approximate surface area is 120 Å². The van der Waals surface area contributed by atoms with E-state index in [4.69, 9.17) is 0 Å². The average Bonchev–Trinajstić information content (AvgIpc) is 2.94. The maximum atomic E-state index is 12.0. The molecule has 0 unspecified atom stereocenters. The van der Waals surface area contributed by atoms with Gasteiger partial charge in [-0.1, -0.05) is 6.42 Å². The fourth-order valence-corrected chi connectivity index (χ4v) is 5.39. The average molecular weight is 301 g/mol. The van der Waals surface area contributed by atoms with Gasteiger partial charge in [-0.15, -0.1) is 0 Å². The van der Waals surface area contributed by atoms with E-state index >= 15 is 0 Å². The first kappa shape index (κ1) is 14.1. The van der Waals surface area contributed by atoms with Crippen molar-refractivity contribution in [3.8, 4) is 0 Å². The van der Waals surface area contributed by atoms with Crippen LogP contribution in [0, 0.1) is 0 Å². The van der Waals surface area contributed by atoms with Crippen molar-refractivity contribution >= 4 is 15.9 Å². The van der Waals surface area contributed by atoms with Crippen LogP contribution in [0.25, 0.3) is 0 Å². The van der Waals surface area contributed by atoms with Gasteiger partial charge in [-0.2, -0.15) is 0 Å². The molecule has 0 spiro atoms. The number of amides is 2. The molecule has 6 nitrogen and oxygen atoms in total. The van der Waals surface area contributed by atoms with E-state index in [2.05, 4.69) is 15.5 Å². The second kappa shape index (κ2) is 5.52. The molecule has 0 bridgehead atoms. The number of rotatable bonds is 2. The van der Waals surface area contributed by atoms with E-state index in [0.29, 0.717) is 12.5 Å². The van der Waals surface area contributed by atoms with Crippen molar-refractivity contribution in [3.05, 3.63) is 0 Å². The van der Waals surface area contributed by atoms with Crippen molar-refractivity contribution in [2.24, 2.45) is 0 Å². The molecule has 2 N–H and O–H groups in total. The molecule has 2 amide bonds.